The number of piperidine rings is 1. The zero-order chi connectivity index (χ0) is 14.0. The molecule has 1 heterocycles. The molecule has 1 aliphatic heterocycles. The zero-order valence-electron chi connectivity index (χ0n) is 9.92. The molecule has 1 aromatic rings. The molecule has 0 aromatic heterocycles. The third-order valence-corrected chi connectivity index (χ3v) is 4.84. The first kappa shape index (κ1) is 14.1. The maximum Gasteiger partial charge on any atom is 0.235 e. The van der Waals surface area contributed by atoms with Crippen LogP contribution in [-0.2, 0) is 10.0 Å². The van der Waals surface area contributed by atoms with Crippen molar-refractivity contribution in [3.05, 3.63) is 29.6 Å². The van der Waals surface area contributed by atoms with Crippen molar-refractivity contribution in [1.29, 1.82) is 0 Å². The van der Waals surface area contributed by atoms with Crippen molar-refractivity contribution in [2.24, 2.45) is 0 Å². The van der Waals surface area contributed by atoms with Gasteiger partial charge in [0.05, 0.1) is 10.9 Å². The Balaban J connectivity index is 2.22. The maximum absolute atomic E-state index is 13.4. The van der Waals surface area contributed by atoms with Crippen LogP contribution in [0.3, 0.4) is 0 Å². The fourth-order valence-corrected chi connectivity index (χ4v) is 3.43. The molecule has 1 saturated heterocycles. The SMILES string of the molecule is O=S(=O)(Nc1cc(F)c(F)cc1F)C1CCNCC1. The van der Waals surface area contributed by atoms with Gasteiger partial charge in [-0.25, -0.2) is 21.6 Å². The minimum absolute atomic E-state index is 0.315. The molecule has 2 N–H and O–H groups in total. The average molecular weight is 294 g/mol. The van der Waals surface area contributed by atoms with Crippen LogP contribution in [0.2, 0.25) is 0 Å². The molecule has 0 bridgehead atoms. The number of halogens is 3. The summed E-state index contributed by atoms with van der Waals surface area (Å²) >= 11 is 0. The van der Waals surface area contributed by atoms with Gasteiger partial charge >= 0.3 is 0 Å². The Hall–Kier alpha value is -1.28. The maximum atomic E-state index is 13.4. The molecule has 19 heavy (non-hydrogen) atoms. The molecule has 106 valence electrons. The Morgan fingerprint density at radius 3 is 2.26 bits per heavy atom. The van der Waals surface area contributed by atoms with E-state index >= 15 is 0 Å². The standard InChI is InChI=1S/C11H13F3N2O2S/c12-8-5-10(14)11(6-9(8)13)16-19(17,18)7-1-3-15-4-2-7/h5-7,15-16H,1-4H2. The Morgan fingerprint density at radius 1 is 1.05 bits per heavy atom. The number of hydrogen-bond acceptors (Lipinski definition) is 3. The van der Waals surface area contributed by atoms with Crippen LogP contribution in [0.1, 0.15) is 12.8 Å². The molecule has 2 rings (SSSR count). The molecule has 0 saturated carbocycles. The summed E-state index contributed by atoms with van der Waals surface area (Å²) in [4.78, 5) is 0. The van der Waals surface area contributed by atoms with Crippen LogP contribution in [-0.4, -0.2) is 26.8 Å². The quantitative estimate of drug-likeness (QED) is 0.833. The topological polar surface area (TPSA) is 58.2 Å². The third-order valence-electron chi connectivity index (χ3n) is 2.99. The summed E-state index contributed by atoms with van der Waals surface area (Å²) in [6, 6.07) is 0.818. The number of benzene rings is 1. The highest BCUT2D eigenvalue weighted by Crippen LogP contribution is 2.22. The molecule has 0 unspecified atom stereocenters. The highest BCUT2D eigenvalue weighted by atomic mass is 32.2. The highest BCUT2D eigenvalue weighted by Gasteiger charge is 2.28. The van der Waals surface area contributed by atoms with Crippen LogP contribution in [0.5, 0.6) is 0 Å². The number of hydrogen-bond donors (Lipinski definition) is 2. The lowest BCUT2D eigenvalue weighted by Gasteiger charge is -2.23. The minimum atomic E-state index is -3.81. The molecule has 1 aliphatic rings. The summed E-state index contributed by atoms with van der Waals surface area (Å²) in [5.74, 6) is -3.80. The van der Waals surface area contributed by atoms with Crippen LogP contribution >= 0.6 is 0 Å². The summed E-state index contributed by atoms with van der Waals surface area (Å²) in [5.41, 5.74) is -0.572. The van der Waals surface area contributed by atoms with Crippen molar-refractivity contribution in [2.75, 3.05) is 17.8 Å². The first-order valence-electron chi connectivity index (χ1n) is 5.77. The van der Waals surface area contributed by atoms with Gasteiger partial charge in [-0.15, -0.1) is 0 Å². The first-order chi connectivity index (χ1) is 8.90. The van der Waals surface area contributed by atoms with E-state index in [1.165, 1.54) is 0 Å². The summed E-state index contributed by atoms with van der Waals surface area (Å²) in [5, 5.41) is 2.34. The molecule has 0 amide bonds. The van der Waals surface area contributed by atoms with E-state index in [4.69, 9.17) is 0 Å². The van der Waals surface area contributed by atoms with Crippen LogP contribution in [0.25, 0.3) is 0 Å². The van der Waals surface area contributed by atoms with Crippen LogP contribution in [0.15, 0.2) is 12.1 Å². The fraction of sp³-hybridized carbons (Fsp3) is 0.455. The van der Waals surface area contributed by atoms with Crippen molar-refractivity contribution in [2.45, 2.75) is 18.1 Å². The van der Waals surface area contributed by atoms with E-state index in [9.17, 15) is 21.6 Å². The molecule has 0 atom stereocenters. The van der Waals surface area contributed by atoms with Crippen molar-refractivity contribution in [3.8, 4) is 0 Å². The van der Waals surface area contributed by atoms with E-state index in [1.807, 2.05) is 4.72 Å². The molecule has 8 heteroatoms. The number of rotatable bonds is 3. The second-order valence-corrected chi connectivity index (χ2v) is 6.30. The Morgan fingerprint density at radius 2 is 1.63 bits per heavy atom. The summed E-state index contributed by atoms with van der Waals surface area (Å²) in [6.45, 7) is 1.09. The molecule has 4 nitrogen and oxygen atoms in total. The van der Waals surface area contributed by atoms with Gasteiger partial charge in [0.2, 0.25) is 10.0 Å². The van der Waals surface area contributed by atoms with Crippen molar-refractivity contribution in [3.63, 3.8) is 0 Å². The molecule has 1 aromatic carbocycles. The van der Waals surface area contributed by atoms with Crippen molar-refractivity contribution >= 4 is 15.7 Å². The molecular weight excluding hydrogens is 281 g/mol. The van der Waals surface area contributed by atoms with Gasteiger partial charge < -0.3 is 5.32 Å². The van der Waals surface area contributed by atoms with Crippen LogP contribution in [0.4, 0.5) is 18.9 Å². The average Bonchev–Trinajstić information content (AvgIpc) is 2.37. The Bertz CT molecular complexity index is 572. The summed E-state index contributed by atoms with van der Waals surface area (Å²) in [6.07, 6.45) is 0.779. The second kappa shape index (κ2) is 5.38. The van der Waals surface area contributed by atoms with Gasteiger partial charge in [0.15, 0.2) is 11.6 Å². The molecule has 1 fully saturated rings. The molecule has 0 spiro atoms. The normalized spacial score (nSPS) is 17.4. The van der Waals surface area contributed by atoms with Gasteiger partial charge in [0, 0.05) is 12.1 Å². The van der Waals surface area contributed by atoms with Gasteiger partial charge in [-0.1, -0.05) is 0 Å². The lowest BCUT2D eigenvalue weighted by atomic mass is 10.2. The summed E-state index contributed by atoms with van der Waals surface area (Å²) in [7, 11) is -3.81. The van der Waals surface area contributed by atoms with Crippen molar-refractivity contribution < 1.29 is 21.6 Å². The van der Waals surface area contributed by atoms with Gasteiger partial charge in [-0.2, -0.15) is 0 Å². The monoisotopic (exact) mass is 294 g/mol. The first-order valence-corrected chi connectivity index (χ1v) is 7.31. The van der Waals surface area contributed by atoms with Gasteiger partial charge in [0.25, 0.3) is 0 Å². The van der Waals surface area contributed by atoms with E-state index in [1.54, 1.807) is 0 Å². The number of sulfonamides is 1. The van der Waals surface area contributed by atoms with E-state index in [2.05, 4.69) is 5.32 Å². The van der Waals surface area contributed by atoms with Gasteiger partial charge in [-0.05, 0) is 25.9 Å². The van der Waals surface area contributed by atoms with E-state index in [-0.39, 0.29) is 0 Å². The predicted molar refractivity (Wildman–Crippen MR) is 64.8 cm³/mol. The molecular formula is C11H13F3N2O2S. The zero-order valence-corrected chi connectivity index (χ0v) is 10.7. The van der Waals surface area contributed by atoms with Crippen LogP contribution < -0.4 is 10.0 Å². The van der Waals surface area contributed by atoms with E-state index in [0.717, 1.165) is 0 Å². The lowest BCUT2D eigenvalue weighted by Crippen LogP contribution is -2.38. The Kier molecular flexibility index (Phi) is 4.00. The minimum Gasteiger partial charge on any atom is -0.317 e. The van der Waals surface area contributed by atoms with E-state index in [0.29, 0.717) is 38.1 Å². The Labute approximate surface area is 109 Å². The largest absolute Gasteiger partial charge is 0.317 e. The second-order valence-electron chi connectivity index (χ2n) is 4.34. The van der Waals surface area contributed by atoms with E-state index < -0.39 is 38.4 Å². The van der Waals surface area contributed by atoms with Gasteiger partial charge in [-0.3, -0.25) is 4.72 Å². The third kappa shape index (κ3) is 3.19. The number of nitrogens with one attached hydrogen (secondary N) is 2. The fourth-order valence-electron chi connectivity index (χ4n) is 1.94. The smallest absolute Gasteiger partial charge is 0.235 e. The molecule has 0 radical (unpaired) electrons. The lowest BCUT2D eigenvalue weighted by molar-refractivity contribution is 0.493. The van der Waals surface area contributed by atoms with Crippen LogP contribution in [0, 0.1) is 17.5 Å². The molecule has 0 aliphatic carbocycles. The predicted octanol–water partition coefficient (Wildman–Crippen LogP) is 1.60. The number of anilines is 1. The highest BCUT2D eigenvalue weighted by molar-refractivity contribution is 7.93. The van der Waals surface area contributed by atoms with Gasteiger partial charge in [0.1, 0.15) is 5.82 Å². The summed E-state index contributed by atoms with van der Waals surface area (Å²) < 4.78 is 65.1. The van der Waals surface area contributed by atoms with Crippen molar-refractivity contribution in [1.82, 2.24) is 5.32 Å².